The number of rotatable bonds is 7. The number of benzene rings is 2. The number of aromatic nitrogens is 1. The van der Waals surface area contributed by atoms with Gasteiger partial charge in [0.25, 0.3) is 5.91 Å². The molecule has 0 bridgehead atoms. The van der Waals surface area contributed by atoms with Crippen molar-refractivity contribution in [3.8, 4) is 0 Å². The van der Waals surface area contributed by atoms with E-state index in [0.29, 0.717) is 10.6 Å². The maximum Gasteiger partial charge on any atom is 0.269 e. The molecule has 36 heavy (non-hydrogen) atoms. The summed E-state index contributed by atoms with van der Waals surface area (Å²) in [4.78, 5) is 34.7. The Morgan fingerprint density at radius 3 is 2.56 bits per heavy atom. The fourth-order valence-corrected chi connectivity index (χ4v) is 5.66. The molecule has 2 heterocycles. The fourth-order valence-electron chi connectivity index (χ4n) is 5.00. The lowest BCUT2D eigenvalue weighted by atomic mass is 9.94. The number of hydrogen-bond acceptors (Lipinski definition) is 4. The van der Waals surface area contributed by atoms with Gasteiger partial charge in [-0.1, -0.05) is 56.5 Å². The molecule has 0 saturated heterocycles. The molecule has 1 unspecified atom stereocenters. The maximum atomic E-state index is 14.0. The molecule has 1 N–H and O–H groups in total. The third-order valence-electron chi connectivity index (χ3n) is 6.97. The lowest BCUT2D eigenvalue weighted by molar-refractivity contribution is -0.123. The molecule has 2 amide bonds. The minimum absolute atomic E-state index is 0.136. The van der Waals surface area contributed by atoms with E-state index in [0.717, 1.165) is 48.6 Å². The van der Waals surface area contributed by atoms with Crippen molar-refractivity contribution in [1.82, 2.24) is 10.3 Å². The summed E-state index contributed by atoms with van der Waals surface area (Å²) in [6.45, 7) is 2.10. The second-order valence-corrected chi connectivity index (χ2v) is 10.3. The van der Waals surface area contributed by atoms with E-state index < -0.39 is 6.04 Å². The molecule has 184 valence electrons. The molecule has 0 spiro atoms. The first kappa shape index (κ1) is 24.2. The average molecular weight is 498 g/mol. The van der Waals surface area contributed by atoms with E-state index in [1.807, 2.05) is 72.1 Å². The Balaban J connectivity index is 1.62. The van der Waals surface area contributed by atoms with Crippen LogP contribution in [0.5, 0.6) is 0 Å². The number of thiophene rings is 1. The molecule has 1 aliphatic carbocycles. The minimum Gasteiger partial charge on any atom is -0.351 e. The third-order valence-corrected chi connectivity index (χ3v) is 7.83. The molecule has 2 aromatic carbocycles. The zero-order chi connectivity index (χ0) is 24.9. The van der Waals surface area contributed by atoms with Gasteiger partial charge in [-0.05, 0) is 72.2 Å². The normalized spacial score (nSPS) is 14.9. The van der Waals surface area contributed by atoms with E-state index in [1.165, 1.54) is 23.3 Å². The summed E-state index contributed by atoms with van der Waals surface area (Å²) in [7, 11) is 0. The first-order valence-corrected chi connectivity index (χ1v) is 13.6. The lowest BCUT2D eigenvalue weighted by Gasteiger charge is -2.33. The number of carbonyl (C=O) groups excluding carboxylic acids is 2. The average Bonchev–Trinajstić information content (AvgIpc) is 3.47. The first-order chi connectivity index (χ1) is 17.6. The summed E-state index contributed by atoms with van der Waals surface area (Å²) in [5, 5.41) is 6.13. The highest BCUT2D eigenvalue weighted by molar-refractivity contribution is 7.12. The van der Waals surface area contributed by atoms with Gasteiger partial charge in [-0.2, -0.15) is 0 Å². The van der Waals surface area contributed by atoms with Gasteiger partial charge in [0, 0.05) is 23.3 Å². The Kier molecular flexibility index (Phi) is 7.42. The molecule has 6 heteroatoms. The molecule has 0 radical (unpaired) electrons. The van der Waals surface area contributed by atoms with E-state index in [4.69, 9.17) is 0 Å². The van der Waals surface area contributed by atoms with Crippen LogP contribution in [-0.2, 0) is 11.2 Å². The Hall–Kier alpha value is -3.51. The van der Waals surface area contributed by atoms with Crippen molar-refractivity contribution in [2.24, 2.45) is 0 Å². The number of pyridine rings is 1. The van der Waals surface area contributed by atoms with Crippen LogP contribution < -0.4 is 10.2 Å². The number of nitrogens with zero attached hydrogens (tertiary/aromatic N) is 2. The van der Waals surface area contributed by atoms with Gasteiger partial charge in [0.05, 0.1) is 10.4 Å². The maximum absolute atomic E-state index is 14.0. The highest BCUT2D eigenvalue weighted by Gasteiger charge is 2.35. The Bertz CT molecular complexity index is 1330. The number of hydrogen-bond donors (Lipinski definition) is 1. The molecule has 0 aliphatic heterocycles. The van der Waals surface area contributed by atoms with Gasteiger partial charge in [-0.15, -0.1) is 11.3 Å². The van der Waals surface area contributed by atoms with Crippen LogP contribution >= 0.6 is 11.3 Å². The number of amides is 2. The van der Waals surface area contributed by atoms with Crippen molar-refractivity contribution in [2.75, 3.05) is 4.90 Å². The zero-order valence-corrected chi connectivity index (χ0v) is 21.3. The first-order valence-electron chi connectivity index (χ1n) is 12.7. The summed E-state index contributed by atoms with van der Waals surface area (Å²) >= 11 is 1.39. The van der Waals surface area contributed by atoms with E-state index in [-0.39, 0.29) is 17.9 Å². The number of aryl methyl sites for hydroxylation is 1. The topological polar surface area (TPSA) is 62.3 Å². The molecular weight excluding hydrogens is 466 g/mol. The molecule has 1 fully saturated rings. The molecule has 1 saturated carbocycles. The Morgan fingerprint density at radius 1 is 1.03 bits per heavy atom. The summed E-state index contributed by atoms with van der Waals surface area (Å²) < 4.78 is 0. The Morgan fingerprint density at radius 2 is 1.83 bits per heavy atom. The van der Waals surface area contributed by atoms with Gasteiger partial charge in [-0.3, -0.25) is 19.5 Å². The minimum atomic E-state index is -0.807. The molecule has 1 aliphatic rings. The molecule has 5 nitrogen and oxygen atoms in total. The van der Waals surface area contributed by atoms with Crippen molar-refractivity contribution < 1.29 is 9.59 Å². The predicted molar refractivity (Wildman–Crippen MR) is 146 cm³/mol. The van der Waals surface area contributed by atoms with Gasteiger partial charge in [-0.25, -0.2) is 0 Å². The van der Waals surface area contributed by atoms with Crippen LogP contribution in [0.25, 0.3) is 10.9 Å². The third kappa shape index (κ3) is 5.19. The SMILES string of the molecule is CCc1ccc(N(C(=O)c2cccs2)C(C(=O)NC2CCCCC2)c2ccc3ncccc3c2)cc1. The summed E-state index contributed by atoms with van der Waals surface area (Å²) in [6.07, 6.45) is 8.06. The number of carbonyl (C=O) groups is 2. The standard InChI is InChI=1S/C30H31N3O2S/c1-2-21-12-15-25(16-13-21)33(30(35)27-11-7-19-36-27)28(29(34)32-24-9-4-3-5-10-24)23-14-17-26-22(20-23)8-6-18-31-26/h6-8,11-20,24,28H,2-5,9-10H2,1H3,(H,32,34). The number of fused-ring (bicyclic) bond motifs is 1. The van der Waals surface area contributed by atoms with Crippen LogP contribution in [0, 0.1) is 0 Å². The van der Waals surface area contributed by atoms with E-state index in [9.17, 15) is 9.59 Å². The molecule has 4 aromatic rings. The predicted octanol–water partition coefficient (Wildman–Crippen LogP) is 6.70. The Labute approximate surface area is 216 Å². The van der Waals surface area contributed by atoms with Crippen LogP contribution in [-0.4, -0.2) is 22.8 Å². The summed E-state index contributed by atoms with van der Waals surface area (Å²) in [6, 6.07) is 20.7. The van der Waals surface area contributed by atoms with Crippen molar-refractivity contribution >= 4 is 39.7 Å². The van der Waals surface area contributed by atoms with Gasteiger partial charge >= 0.3 is 0 Å². The smallest absolute Gasteiger partial charge is 0.269 e. The monoisotopic (exact) mass is 497 g/mol. The van der Waals surface area contributed by atoms with E-state index in [2.05, 4.69) is 17.2 Å². The van der Waals surface area contributed by atoms with Crippen LogP contribution in [0.15, 0.2) is 78.3 Å². The second kappa shape index (κ2) is 11.0. The number of anilines is 1. The number of nitrogens with one attached hydrogen (secondary N) is 1. The zero-order valence-electron chi connectivity index (χ0n) is 20.5. The highest BCUT2D eigenvalue weighted by atomic mass is 32.1. The molecule has 5 rings (SSSR count). The fraction of sp³-hybridized carbons (Fsp3) is 0.300. The van der Waals surface area contributed by atoms with Gasteiger partial charge in [0.15, 0.2) is 0 Å². The van der Waals surface area contributed by atoms with Gasteiger partial charge < -0.3 is 5.32 Å². The summed E-state index contributed by atoms with van der Waals surface area (Å²) in [5.41, 5.74) is 3.52. The van der Waals surface area contributed by atoms with E-state index >= 15 is 0 Å². The van der Waals surface area contributed by atoms with Gasteiger partial charge in [0.2, 0.25) is 5.91 Å². The van der Waals surface area contributed by atoms with Crippen LogP contribution in [0.4, 0.5) is 5.69 Å². The van der Waals surface area contributed by atoms with Gasteiger partial charge in [0.1, 0.15) is 6.04 Å². The highest BCUT2D eigenvalue weighted by Crippen LogP contribution is 2.33. The molecular formula is C30H31N3O2S. The summed E-state index contributed by atoms with van der Waals surface area (Å²) in [5.74, 6) is -0.320. The van der Waals surface area contributed by atoms with Crippen molar-refractivity contribution in [3.63, 3.8) is 0 Å². The van der Waals surface area contributed by atoms with Crippen molar-refractivity contribution in [3.05, 3.63) is 94.3 Å². The quantitative estimate of drug-likeness (QED) is 0.309. The van der Waals surface area contributed by atoms with E-state index in [1.54, 1.807) is 11.1 Å². The van der Waals surface area contributed by atoms with Crippen LogP contribution in [0.3, 0.4) is 0 Å². The van der Waals surface area contributed by atoms with Crippen molar-refractivity contribution in [1.29, 1.82) is 0 Å². The largest absolute Gasteiger partial charge is 0.351 e. The molecule has 1 atom stereocenters. The lowest BCUT2D eigenvalue weighted by Crippen LogP contribution is -2.47. The van der Waals surface area contributed by atoms with Crippen molar-refractivity contribution in [2.45, 2.75) is 57.5 Å². The van der Waals surface area contributed by atoms with Crippen LogP contribution in [0.1, 0.15) is 65.9 Å². The van der Waals surface area contributed by atoms with Crippen LogP contribution in [0.2, 0.25) is 0 Å². The molecule has 2 aromatic heterocycles. The second-order valence-electron chi connectivity index (χ2n) is 9.37.